The molecule has 0 amide bonds. The van der Waals surface area contributed by atoms with Gasteiger partial charge in [0.15, 0.2) is 17.3 Å². The minimum atomic E-state index is -0.409. The van der Waals surface area contributed by atoms with Gasteiger partial charge in [-0.05, 0) is 0 Å². The van der Waals surface area contributed by atoms with Gasteiger partial charge in [-0.25, -0.2) is 4.98 Å². The normalized spacial score (nSPS) is 9.38. The molecule has 0 bridgehead atoms. The van der Waals surface area contributed by atoms with E-state index in [1.54, 1.807) is 0 Å². The second-order valence-electron chi connectivity index (χ2n) is 2.35. The highest BCUT2D eigenvalue weighted by Crippen LogP contribution is 2.23. The van der Waals surface area contributed by atoms with Crippen LogP contribution in [0.3, 0.4) is 0 Å². The molecule has 70 valence electrons. The van der Waals surface area contributed by atoms with Crippen LogP contribution in [0.2, 0.25) is 0 Å². The van der Waals surface area contributed by atoms with Crippen molar-refractivity contribution in [1.82, 2.24) is 4.98 Å². The van der Waals surface area contributed by atoms with Crippen molar-refractivity contribution >= 4 is 11.8 Å². The summed E-state index contributed by atoms with van der Waals surface area (Å²) in [6.45, 7) is 1.31. The van der Waals surface area contributed by atoms with Gasteiger partial charge in [-0.2, -0.15) is 0 Å². The van der Waals surface area contributed by atoms with E-state index in [1.807, 2.05) is 0 Å². The molecule has 1 aromatic rings. The number of methoxy groups -OCH3 is 1. The van der Waals surface area contributed by atoms with Gasteiger partial charge < -0.3 is 15.2 Å². The molecule has 0 atom stereocenters. The molecular weight excluding hydrogens is 172 g/mol. The molecule has 0 saturated carbocycles. The molecule has 0 saturated heterocycles. The van der Waals surface area contributed by atoms with Crippen LogP contribution >= 0.6 is 0 Å². The number of aromatic nitrogens is 1. The second-order valence-corrected chi connectivity index (χ2v) is 2.35. The van der Waals surface area contributed by atoms with E-state index in [0.29, 0.717) is 11.5 Å². The minimum Gasteiger partial charge on any atom is -0.493 e. The lowest BCUT2D eigenvalue weighted by atomic mass is 10.4. The van der Waals surface area contributed by atoms with Gasteiger partial charge in [0.1, 0.15) is 0 Å². The first-order chi connectivity index (χ1) is 6.13. The average Bonchev–Trinajstić information content (AvgIpc) is 2.07. The summed E-state index contributed by atoms with van der Waals surface area (Å²) in [4.78, 5) is 14.4. The summed E-state index contributed by atoms with van der Waals surface area (Å²) in [5, 5.41) is 0. The standard InChI is InChI=1S/C8H10N2O3/c1-5(11)13-6-3-7(12-2)8(9)10-4-6/h3-4H,1-2H3,(H2,9,10). The van der Waals surface area contributed by atoms with Crippen LogP contribution in [0.1, 0.15) is 6.92 Å². The maximum absolute atomic E-state index is 10.6. The lowest BCUT2D eigenvalue weighted by molar-refractivity contribution is -0.131. The van der Waals surface area contributed by atoms with Crippen molar-refractivity contribution in [2.24, 2.45) is 0 Å². The fourth-order valence-electron chi connectivity index (χ4n) is 0.822. The molecule has 0 aliphatic heterocycles. The fraction of sp³-hybridized carbons (Fsp3) is 0.250. The Kier molecular flexibility index (Phi) is 2.69. The number of hydrogen-bond acceptors (Lipinski definition) is 5. The summed E-state index contributed by atoms with van der Waals surface area (Å²) < 4.78 is 9.66. The number of nitrogens with two attached hydrogens (primary N) is 1. The number of carbonyl (C=O) groups is 1. The average molecular weight is 182 g/mol. The molecule has 0 spiro atoms. The lowest BCUT2D eigenvalue weighted by Crippen LogP contribution is -2.03. The molecule has 0 aromatic carbocycles. The fourth-order valence-corrected chi connectivity index (χ4v) is 0.822. The number of carbonyl (C=O) groups excluding carboxylic acids is 1. The summed E-state index contributed by atoms with van der Waals surface area (Å²) in [5.41, 5.74) is 5.45. The number of esters is 1. The molecule has 1 aromatic heterocycles. The number of pyridine rings is 1. The molecule has 0 fully saturated rings. The highest BCUT2D eigenvalue weighted by Gasteiger charge is 2.04. The highest BCUT2D eigenvalue weighted by molar-refractivity contribution is 5.69. The number of hydrogen-bond donors (Lipinski definition) is 1. The van der Waals surface area contributed by atoms with E-state index in [9.17, 15) is 4.79 Å². The van der Waals surface area contributed by atoms with E-state index in [4.69, 9.17) is 15.2 Å². The van der Waals surface area contributed by atoms with Crippen molar-refractivity contribution in [3.8, 4) is 11.5 Å². The van der Waals surface area contributed by atoms with Crippen LogP contribution in [0.25, 0.3) is 0 Å². The Labute approximate surface area is 75.5 Å². The number of ether oxygens (including phenoxy) is 2. The van der Waals surface area contributed by atoms with Crippen molar-refractivity contribution in [3.63, 3.8) is 0 Å². The Hall–Kier alpha value is -1.78. The Bertz CT molecular complexity index is 325. The first-order valence-corrected chi connectivity index (χ1v) is 3.61. The van der Waals surface area contributed by atoms with Crippen LogP contribution in [0.4, 0.5) is 5.82 Å². The van der Waals surface area contributed by atoms with Crippen LogP contribution in [0.5, 0.6) is 11.5 Å². The van der Waals surface area contributed by atoms with Gasteiger partial charge in [0.2, 0.25) is 0 Å². The van der Waals surface area contributed by atoms with Crippen molar-refractivity contribution in [2.45, 2.75) is 6.92 Å². The Balaban J connectivity index is 2.92. The summed E-state index contributed by atoms with van der Waals surface area (Å²) in [7, 11) is 1.46. The van der Waals surface area contributed by atoms with Gasteiger partial charge in [0.05, 0.1) is 13.3 Å². The third-order valence-corrected chi connectivity index (χ3v) is 1.34. The number of nitrogens with zero attached hydrogens (tertiary/aromatic N) is 1. The van der Waals surface area contributed by atoms with Gasteiger partial charge in [-0.1, -0.05) is 0 Å². The second kappa shape index (κ2) is 3.75. The van der Waals surface area contributed by atoms with Crippen LogP contribution in [0.15, 0.2) is 12.3 Å². The Morgan fingerprint density at radius 3 is 2.85 bits per heavy atom. The molecule has 13 heavy (non-hydrogen) atoms. The van der Waals surface area contributed by atoms with Gasteiger partial charge in [0.25, 0.3) is 0 Å². The van der Waals surface area contributed by atoms with Gasteiger partial charge >= 0.3 is 5.97 Å². The summed E-state index contributed by atoms with van der Waals surface area (Å²) >= 11 is 0. The number of anilines is 1. The lowest BCUT2D eigenvalue weighted by Gasteiger charge is -2.05. The van der Waals surface area contributed by atoms with Crippen LogP contribution < -0.4 is 15.2 Å². The maximum Gasteiger partial charge on any atom is 0.308 e. The van der Waals surface area contributed by atoms with E-state index < -0.39 is 5.97 Å². The predicted octanol–water partition coefficient (Wildman–Crippen LogP) is 0.598. The topological polar surface area (TPSA) is 74.4 Å². The third-order valence-electron chi connectivity index (χ3n) is 1.34. The van der Waals surface area contributed by atoms with E-state index in [2.05, 4.69) is 4.98 Å². The monoisotopic (exact) mass is 182 g/mol. The molecule has 0 unspecified atom stereocenters. The third kappa shape index (κ3) is 2.33. The van der Waals surface area contributed by atoms with Crippen LogP contribution in [-0.2, 0) is 4.79 Å². The van der Waals surface area contributed by atoms with Gasteiger partial charge in [-0.15, -0.1) is 0 Å². The number of rotatable bonds is 2. The van der Waals surface area contributed by atoms with E-state index >= 15 is 0 Å². The highest BCUT2D eigenvalue weighted by atomic mass is 16.5. The van der Waals surface area contributed by atoms with Crippen molar-refractivity contribution in [3.05, 3.63) is 12.3 Å². The molecule has 1 heterocycles. The largest absolute Gasteiger partial charge is 0.493 e. The van der Waals surface area contributed by atoms with Gasteiger partial charge in [0, 0.05) is 13.0 Å². The number of nitrogen functional groups attached to an aromatic ring is 1. The van der Waals surface area contributed by atoms with Gasteiger partial charge in [-0.3, -0.25) is 4.79 Å². The molecule has 0 aliphatic carbocycles. The molecule has 0 radical (unpaired) electrons. The quantitative estimate of drug-likeness (QED) is 0.678. The maximum atomic E-state index is 10.6. The minimum absolute atomic E-state index is 0.262. The summed E-state index contributed by atoms with van der Waals surface area (Å²) in [6.07, 6.45) is 1.36. The van der Waals surface area contributed by atoms with Crippen LogP contribution in [-0.4, -0.2) is 18.1 Å². The molecule has 5 nitrogen and oxygen atoms in total. The first kappa shape index (κ1) is 9.31. The van der Waals surface area contributed by atoms with Crippen molar-refractivity contribution in [1.29, 1.82) is 0 Å². The zero-order chi connectivity index (χ0) is 9.84. The molecule has 5 heteroatoms. The van der Waals surface area contributed by atoms with E-state index in [1.165, 1.54) is 26.3 Å². The first-order valence-electron chi connectivity index (χ1n) is 3.61. The van der Waals surface area contributed by atoms with Crippen LogP contribution in [0, 0.1) is 0 Å². The summed E-state index contributed by atoms with van der Waals surface area (Å²) in [5.74, 6) is 0.560. The Morgan fingerprint density at radius 1 is 1.62 bits per heavy atom. The zero-order valence-electron chi connectivity index (χ0n) is 7.40. The zero-order valence-corrected chi connectivity index (χ0v) is 7.40. The summed E-state index contributed by atoms with van der Waals surface area (Å²) in [6, 6.07) is 1.50. The predicted molar refractivity (Wildman–Crippen MR) is 46.5 cm³/mol. The molecule has 1 rings (SSSR count). The SMILES string of the molecule is COc1cc(OC(C)=O)cnc1N. The van der Waals surface area contributed by atoms with E-state index in [-0.39, 0.29) is 5.82 Å². The molecule has 2 N–H and O–H groups in total. The Morgan fingerprint density at radius 2 is 2.31 bits per heavy atom. The smallest absolute Gasteiger partial charge is 0.308 e. The molecular formula is C8H10N2O3. The molecule has 0 aliphatic rings. The van der Waals surface area contributed by atoms with Crippen molar-refractivity contribution in [2.75, 3.05) is 12.8 Å². The van der Waals surface area contributed by atoms with E-state index in [0.717, 1.165) is 0 Å². The van der Waals surface area contributed by atoms with Crippen molar-refractivity contribution < 1.29 is 14.3 Å².